The minimum absolute atomic E-state index is 0.189. The molecule has 0 aliphatic carbocycles. The molecule has 1 nitrogen and oxygen atoms in total. The van der Waals surface area contributed by atoms with E-state index in [-0.39, 0.29) is 12.0 Å². The van der Waals surface area contributed by atoms with Crippen molar-refractivity contribution in [2.75, 3.05) is 5.33 Å². The third-order valence-electron chi connectivity index (χ3n) is 3.11. The number of hydrogen-bond acceptors (Lipinski definition) is 1. The average Bonchev–Trinajstić information content (AvgIpc) is 2.31. The van der Waals surface area contributed by atoms with Crippen molar-refractivity contribution >= 4 is 15.9 Å². The monoisotopic (exact) mass is 290 g/mol. The molecule has 0 saturated carbocycles. The van der Waals surface area contributed by atoms with Gasteiger partial charge in [-0.1, -0.05) is 67.5 Å². The van der Waals surface area contributed by atoms with Crippen LogP contribution >= 0.6 is 15.9 Å². The maximum atomic E-state index is 9.71. The van der Waals surface area contributed by atoms with Gasteiger partial charge in [0.2, 0.25) is 0 Å². The molecular weight excluding hydrogens is 264 g/mol. The summed E-state index contributed by atoms with van der Waals surface area (Å²) in [5.74, 6) is 0.235. The molecule has 1 N–H and O–H groups in total. The molecule has 0 rings (SSSR count). The van der Waals surface area contributed by atoms with Crippen molar-refractivity contribution < 1.29 is 5.11 Å². The van der Waals surface area contributed by atoms with Gasteiger partial charge in [0.05, 0.1) is 6.10 Å². The van der Waals surface area contributed by atoms with Crippen molar-refractivity contribution in [2.24, 2.45) is 5.92 Å². The smallest absolute Gasteiger partial charge is 0.0600 e. The van der Waals surface area contributed by atoms with Gasteiger partial charge >= 0.3 is 0 Å². The van der Waals surface area contributed by atoms with Gasteiger partial charge in [-0.3, -0.25) is 0 Å². The van der Waals surface area contributed by atoms with Crippen LogP contribution in [0.3, 0.4) is 0 Å². The van der Waals surface area contributed by atoms with E-state index in [1.165, 1.54) is 38.5 Å². The molecule has 0 aliphatic heterocycles. The highest BCUT2D eigenvalue weighted by Crippen LogP contribution is 2.14. The van der Waals surface area contributed by atoms with Crippen molar-refractivity contribution in [3.63, 3.8) is 0 Å². The van der Waals surface area contributed by atoms with Crippen molar-refractivity contribution in [1.29, 1.82) is 0 Å². The molecule has 0 heterocycles. The lowest BCUT2D eigenvalue weighted by molar-refractivity contribution is 0.125. The van der Waals surface area contributed by atoms with E-state index in [0.717, 1.165) is 18.2 Å². The van der Waals surface area contributed by atoms with Crippen molar-refractivity contribution in [1.82, 2.24) is 0 Å². The van der Waals surface area contributed by atoms with Gasteiger partial charge in [-0.25, -0.2) is 0 Å². The summed E-state index contributed by atoms with van der Waals surface area (Å²) in [5, 5.41) is 10.9. The first-order chi connectivity index (χ1) is 7.72. The Morgan fingerprint density at radius 3 is 2.06 bits per heavy atom. The lowest BCUT2D eigenvalue weighted by Gasteiger charge is -2.14. The predicted molar refractivity (Wildman–Crippen MR) is 76.1 cm³/mol. The third-order valence-corrected chi connectivity index (χ3v) is 3.67. The Bertz CT molecular complexity index is 159. The zero-order valence-corrected chi connectivity index (χ0v) is 12.2. The van der Waals surface area contributed by atoms with Crippen LogP contribution in [-0.2, 0) is 0 Å². The Morgan fingerprint density at radius 2 is 1.56 bits per heavy atom. The highest BCUT2D eigenvalue weighted by Gasteiger charge is 2.09. The Hall–Kier alpha value is 0.180. The summed E-state index contributed by atoms with van der Waals surface area (Å²) < 4.78 is 0. The summed E-state index contributed by atoms with van der Waals surface area (Å²) in [5.41, 5.74) is 0. The molecular formula is C14H27BrO. The van der Waals surface area contributed by atoms with Gasteiger partial charge < -0.3 is 5.11 Å². The second-order valence-electron chi connectivity index (χ2n) is 4.61. The zero-order chi connectivity index (χ0) is 12.2. The number of rotatable bonds is 11. The standard InChI is InChI=1S/C14H27BrO/c1-3-13(2)14(16)11-9-7-5-4-6-8-10-12-15/h3,13-14,16H,1,4-12H2,2H3/t13-,14-/m0/s1. The van der Waals surface area contributed by atoms with Crippen LogP contribution in [0.1, 0.15) is 58.3 Å². The molecule has 0 aromatic carbocycles. The Labute approximate surface area is 109 Å². The first-order valence-corrected chi connectivity index (χ1v) is 7.71. The zero-order valence-electron chi connectivity index (χ0n) is 10.6. The third kappa shape index (κ3) is 9.41. The topological polar surface area (TPSA) is 20.2 Å². The SMILES string of the molecule is C=C[C@H](C)[C@@H](O)CCCCCCCCCBr. The molecule has 0 fully saturated rings. The minimum atomic E-state index is -0.189. The highest BCUT2D eigenvalue weighted by molar-refractivity contribution is 9.09. The van der Waals surface area contributed by atoms with Crippen LogP contribution < -0.4 is 0 Å². The molecule has 0 amide bonds. The lowest BCUT2D eigenvalue weighted by atomic mass is 9.98. The largest absolute Gasteiger partial charge is 0.393 e. The first kappa shape index (κ1) is 16.2. The van der Waals surface area contributed by atoms with E-state index in [9.17, 15) is 5.11 Å². The van der Waals surface area contributed by atoms with E-state index in [0.29, 0.717) is 0 Å². The van der Waals surface area contributed by atoms with Crippen molar-refractivity contribution in [3.05, 3.63) is 12.7 Å². The molecule has 0 aromatic heterocycles. The Balaban J connectivity index is 3.17. The van der Waals surface area contributed by atoms with Crippen LogP contribution in [0, 0.1) is 5.92 Å². The second kappa shape index (κ2) is 11.7. The van der Waals surface area contributed by atoms with Crippen LogP contribution in [0.2, 0.25) is 0 Å². The molecule has 0 aliphatic rings. The summed E-state index contributed by atoms with van der Waals surface area (Å²) in [6.07, 6.45) is 11.7. The Kier molecular flexibility index (Phi) is 11.8. The number of aliphatic hydroxyl groups excluding tert-OH is 1. The average molecular weight is 291 g/mol. The number of alkyl halides is 1. The lowest BCUT2D eigenvalue weighted by Crippen LogP contribution is -2.14. The van der Waals surface area contributed by atoms with E-state index in [4.69, 9.17) is 0 Å². The first-order valence-electron chi connectivity index (χ1n) is 6.59. The second-order valence-corrected chi connectivity index (χ2v) is 5.41. The van der Waals surface area contributed by atoms with Crippen LogP contribution in [0.5, 0.6) is 0 Å². The van der Waals surface area contributed by atoms with Gasteiger partial charge in [0.25, 0.3) is 0 Å². The molecule has 0 bridgehead atoms. The van der Waals surface area contributed by atoms with Crippen LogP contribution in [0.4, 0.5) is 0 Å². The van der Waals surface area contributed by atoms with Gasteiger partial charge in [-0.15, -0.1) is 6.58 Å². The molecule has 0 aromatic rings. The van der Waals surface area contributed by atoms with E-state index in [1.54, 1.807) is 0 Å². The summed E-state index contributed by atoms with van der Waals surface area (Å²) in [6.45, 7) is 5.73. The molecule has 0 unspecified atom stereocenters. The summed E-state index contributed by atoms with van der Waals surface area (Å²) in [6, 6.07) is 0. The molecule has 0 radical (unpaired) electrons. The fraction of sp³-hybridized carbons (Fsp3) is 0.857. The van der Waals surface area contributed by atoms with Gasteiger partial charge in [0.15, 0.2) is 0 Å². The molecule has 0 spiro atoms. The molecule has 16 heavy (non-hydrogen) atoms. The summed E-state index contributed by atoms with van der Waals surface area (Å²) in [7, 11) is 0. The van der Waals surface area contributed by atoms with Gasteiger partial charge in [-0.2, -0.15) is 0 Å². The predicted octanol–water partition coefficient (Wildman–Crippen LogP) is 4.69. The van der Waals surface area contributed by atoms with Gasteiger partial charge in [0, 0.05) is 5.33 Å². The molecule has 2 atom stereocenters. The van der Waals surface area contributed by atoms with Gasteiger partial charge in [-0.05, 0) is 18.8 Å². The van der Waals surface area contributed by atoms with Crippen LogP contribution in [0.15, 0.2) is 12.7 Å². The van der Waals surface area contributed by atoms with E-state index in [2.05, 4.69) is 22.5 Å². The summed E-state index contributed by atoms with van der Waals surface area (Å²) >= 11 is 3.44. The maximum Gasteiger partial charge on any atom is 0.0600 e. The number of aliphatic hydroxyl groups is 1. The van der Waals surface area contributed by atoms with Crippen molar-refractivity contribution in [2.45, 2.75) is 64.4 Å². The number of halogens is 1. The van der Waals surface area contributed by atoms with Crippen LogP contribution in [0.25, 0.3) is 0 Å². The number of unbranched alkanes of at least 4 members (excludes halogenated alkanes) is 6. The maximum absolute atomic E-state index is 9.71. The van der Waals surface area contributed by atoms with Gasteiger partial charge in [0.1, 0.15) is 0 Å². The van der Waals surface area contributed by atoms with Crippen LogP contribution in [-0.4, -0.2) is 16.5 Å². The fourth-order valence-electron chi connectivity index (χ4n) is 1.75. The van der Waals surface area contributed by atoms with E-state index < -0.39 is 0 Å². The number of hydrogen-bond donors (Lipinski definition) is 1. The normalized spacial score (nSPS) is 14.7. The Morgan fingerprint density at radius 1 is 1.06 bits per heavy atom. The van der Waals surface area contributed by atoms with E-state index >= 15 is 0 Å². The van der Waals surface area contributed by atoms with E-state index in [1.807, 2.05) is 13.0 Å². The quantitative estimate of drug-likeness (QED) is 0.333. The fourth-order valence-corrected chi connectivity index (χ4v) is 2.15. The highest BCUT2D eigenvalue weighted by atomic mass is 79.9. The summed E-state index contributed by atoms with van der Waals surface area (Å²) in [4.78, 5) is 0. The molecule has 0 saturated heterocycles. The minimum Gasteiger partial charge on any atom is -0.393 e. The molecule has 96 valence electrons. The van der Waals surface area contributed by atoms with Crippen molar-refractivity contribution in [3.8, 4) is 0 Å². The molecule has 2 heteroatoms.